The van der Waals surface area contributed by atoms with Crippen molar-refractivity contribution in [1.29, 1.82) is 0 Å². The number of hydrogen-bond donors (Lipinski definition) is 1. The van der Waals surface area contributed by atoms with Crippen LogP contribution in [0, 0.1) is 0 Å². The van der Waals surface area contributed by atoms with E-state index in [9.17, 15) is 4.79 Å². The Morgan fingerprint density at radius 2 is 2.37 bits per heavy atom. The first-order valence-corrected chi connectivity index (χ1v) is 5.83. The van der Waals surface area contributed by atoms with Crippen LogP contribution in [0.25, 0.3) is 0 Å². The number of tetrazole rings is 1. The predicted octanol–water partition coefficient (Wildman–Crippen LogP) is 0.680. The molecule has 0 amide bonds. The van der Waals surface area contributed by atoms with Crippen LogP contribution in [0.4, 0.5) is 0 Å². The fourth-order valence-corrected chi connectivity index (χ4v) is 1.72. The molecule has 0 aliphatic heterocycles. The van der Waals surface area contributed by atoms with Crippen molar-refractivity contribution in [3.05, 3.63) is 29.8 Å². The van der Waals surface area contributed by atoms with Gasteiger partial charge in [0.2, 0.25) is 0 Å². The van der Waals surface area contributed by atoms with Crippen LogP contribution in [0.5, 0.6) is 5.75 Å². The van der Waals surface area contributed by atoms with E-state index in [-0.39, 0.29) is 18.1 Å². The first-order chi connectivity index (χ1) is 9.25. The van der Waals surface area contributed by atoms with Gasteiger partial charge in [-0.3, -0.25) is 0 Å². The zero-order valence-corrected chi connectivity index (χ0v) is 9.93. The highest BCUT2D eigenvalue weighted by atomic mass is 16.5. The molecule has 0 saturated heterocycles. The Morgan fingerprint density at radius 3 is 3.11 bits per heavy atom. The van der Waals surface area contributed by atoms with Crippen molar-refractivity contribution in [3.8, 4) is 5.75 Å². The number of hydrogen-bond acceptors (Lipinski definition) is 6. The molecule has 8 nitrogen and oxygen atoms in total. The summed E-state index contributed by atoms with van der Waals surface area (Å²) < 4.78 is 7.17. The molecule has 0 unspecified atom stereocenters. The molecule has 0 bridgehead atoms. The van der Waals surface area contributed by atoms with E-state index >= 15 is 0 Å². The van der Waals surface area contributed by atoms with Crippen LogP contribution >= 0.6 is 0 Å². The van der Waals surface area contributed by atoms with Gasteiger partial charge in [-0.2, -0.15) is 0 Å². The van der Waals surface area contributed by atoms with Crippen LogP contribution in [0.3, 0.4) is 0 Å². The minimum absolute atomic E-state index is 0.118. The molecule has 1 saturated carbocycles. The normalized spacial score (nSPS) is 14.3. The number of carbonyl (C=O) groups is 1. The molecule has 1 aliphatic carbocycles. The van der Waals surface area contributed by atoms with Crippen LogP contribution in [0.1, 0.15) is 35.2 Å². The monoisotopic (exact) mass is 261 g/mol. The molecular weight excluding hydrogens is 250 g/mol. The third-order valence-electron chi connectivity index (χ3n) is 2.78. The van der Waals surface area contributed by atoms with Gasteiger partial charge in [-0.05, 0) is 35.4 Å². The Hall–Kier alpha value is -2.51. The van der Waals surface area contributed by atoms with Gasteiger partial charge < -0.3 is 9.84 Å². The van der Waals surface area contributed by atoms with E-state index in [0.717, 1.165) is 12.8 Å². The Morgan fingerprint density at radius 1 is 1.53 bits per heavy atom. The smallest absolute Gasteiger partial charge is 0.358 e. The first kappa shape index (κ1) is 11.6. The summed E-state index contributed by atoms with van der Waals surface area (Å²) in [6, 6.07) is 3.52. The average molecular weight is 261 g/mol. The Labute approximate surface area is 108 Å². The molecule has 3 rings (SSSR count). The average Bonchev–Trinajstić information content (AvgIpc) is 3.15. The summed E-state index contributed by atoms with van der Waals surface area (Å²) >= 11 is 0. The van der Waals surface area contributed by atoms with Gasteiger partial charge >= 0.3 is 5.97 Å². The highest BCUT2D eigenvalue weighted by Crippen LogP contribution is 2.34. The van der Waals surface area contributed by atoms with Crippen LogP contribution < -0.4 is 4.74 Å². The van der Waals surface area contributed by atoms with Gasteiger partial charge in [0, 0.05) is 6.20 Å². The van der Waals surface area contributed by atoms with E-state index in [2.05, 4.69) is 20.5 Å². The fourth-order valence-electron chi connectivity index (χ4n) is 1.72. The summed E-state index contributed by atoms with van der Waals surface area (Å²) in [7, 11) is 0. The quantitative estimate of drug-likeness (QED) is 0.843. The number of carboxylic acid groups (broad SMARTS) is 1. The molecule has 98 valence electrons. The summed E-state index contributed by atoms with van der Waals surface area (Å²) in [6.45, 7) is 0.121. The first-order valence-electron chi connectivity index (χ1n) is 5.83. The lowest BCUT2D eigenvalue weighted by atomic mass is 10.3. The van der Waals surface area contributed by atoms with Gasteiger partial charge in [0.25, 0.3) is 0 Å². The van der Waals surface area contributed by atoms with Crippen molar-refractivity contribution in [2.75, 3.05) is 0 Å². The van der Waals surface area contributed by atoms with Crippen LogP contribution in [-0.4, -0.2) is 36.3 Å². The van der Waals surface area contributed by atoms with Gasteiger partial charge in [0.15, 0.2) is 17.3 Å². The third kappa shape index (κ3) is 2.37. The molecule has 19 heavy (non-hydrogen) atoms. The third-order valence-corrected chi connectivity index (χ3v) is 2.78. The second-order valence-corrected chi connectivity index (χ2v) is 4.21. The van der Waals surface area contributed by atoms with E-state index in [4.69, 9.17) is 9.84 Å². The lowest BCUT2D eigenvalue weighted by Crippen LogP contribution is -2.10. The molecule has 2 heterocycles. The highest BCUT2D eigenvalue weighted by Gasteiger charge is 2.28. The van der Waals surface area contributed by atoms with Gasteiger partial charge in [0.1, 0.15) is 6.61 Å². The number of nitrogens with zero attached hydrogens (tertiary/aromatic N) is 5. The Balaban J connectivity index is 1.75. The number of rotatable bonds is 5. The van der Waals surface area contributed by atoms with Gasteiger partial charge in [-0.25, -0.2) is 14.5 Å². The number of ether oxygens (including phenoxy) is 1. The predicted molar refractivity (Wildman–Crippen MR) is 61.6 cm³/mol. The summed E-state index contributed by atoms with van der Waals surface area (Å²) in [5, 5.41) is 20.4. The molecule has 1 N–H and O–H groups in total. The Kier molecular flexibility index (Phi) is 2.82. The molecule has 1 aliphatic rings. The Bertz CT molecular complexity index is 608. The number of pyridine rings is 1. The van der Waals surface area contributed by atoms with Crippen molar-refractivity contribution in [2.24, 2.45) is 0 Å². The molecule has 0 spiro atoms. The summed E-state index contributed by atoms with van der Waals surface area (Å²) in [4.78, 5) is 14.7. The van der Waals surface area contributed by atoms with Crippen LogP contribution in [0.2, 0.25) is 0 Å². The molecule has 8 heteroatoms. The van der Waals surface area contributed by atoms with Crippen LogP contribution in [0.15, 0.2) is 18.3 Å². The maximum atomic E-state index is 11.0. The topological polar surface area (TPSA) is 103 Å². The van der Waals surface area contributed by atoms with Crippen molar-refractivity contribution in [2.45, 2.75) is 25.5 Å². The maximum Gasteiger partial charge on any atom is 0.358 e. The van der Waals surface area contributed by atoms with E-state index in [1.54, 1.807) is 16.8 Å². The molecular formula is C11H11N5O3. The largest absolute Gasteiger partial charge is 0.483 e. The minimum Gasteiger partial charge on any atom is -0.483 e. The van der Waals surface area contributed by atoms with Crippen molar-refractivity contribution in [3.63, 3.8) is 0 Å². The zero-order valence-electron chi connectivity index (χ0n) is 9.93. The van der Waals surface area contributed by atoms with Gasteiger partial charge in [0.05, 0.1) is 6.04 Å². The van der Waals surface area contributed by atoms with Gasteiger partial charge in [-0.15, -0.1) is 5.10 Å². The van der Waals surface area contributed by atoms with Crippen molar-refractivity contribution in [1.82, 2.24) is 25.2 Å². The molecule has 0 radical (unpaired) electrons. The zero-order chi connectivity index (χ0) is 13.2. The number of aromatic nitrogens is 5. The molecule has 2 aromatic rings. The standard InChI is InChI=1S/C11H11N5O3/c17-11(18)10-8(2-1-5-12-10)19-6-9-13-14-15-16(9)7-3-4-7/h1-2,5,7H,3-4,6H2,(H,17,18). The second kappa shape index (κ2) is 4.63. The maximum absolute atomic E-state index is 11.0. The fraction of sp³-hybridized carbons (Fsp3) is 0.364. The van der Waals surface area contributed by atoms with E-state index in [1.807, 2.05) is 0 Å². The lowest BCUT2D eigenvalue weighted by Gasteiger charge is -2.07. The molecule has 2 aromatic heterocycles. The van der Waals surface area contributed by atoms with E-state index in [1.165, 1.54) is 6.20 Å². The molecule has 0 atom stereocenters. The number of aromatic carboxylic acids is 1. The minimum atomic E-state index is -1.13. The summed E-state index contributed by atoms with van der Waals surface area (Å²) in [5.74, 6) is -0.333. The summed E-state index contributed by atoms with van der Waals surface area (Å²) in [6.07, 6.45) is 3.53. The highest BCUT2D eigenvalue weighted by molar-refractivity contribution is 5.88. The van der Waals surface area contributed by atoms with Crippen molar-refractivity contribution >= 4 is 5.97 Å². The lowest BCUT2D eigenvalue weighted by molar-refractivity contribution is 0.0684. The van der Waals surface area contributed by atoms with Gasteiger partial charge in [-0.1, -0.05) is 0 Å². The molecule has 0 aromatic carbocycles. The SMILES string of the molecule is O=C(O)c1ncccc1OCc1nnnn1C1CC1. The van der Waals surface area contributed by atoms with Crippen molar-refractivity contribution < 1.29 is 14.6 Å². The molecule has 1 fully saturated rings. The van der Waals surface area contributed by atoms with Crippen LogP contribution in [-0.2, 0) is 6.61 Å². The second-order valence-electron chi connectivity index (χ2n) is 4.21. The van der Waals surface area contributed by atoms with E-state index < -0.39 is 5.97 Å². The number of carboxylic acids is 1. The van der Waals surface area contributed by atoms with E-state index in [0.29, 0.717) is 11.9 Å². The summed E-state index contributed by atoms with van der Waals surface area (Å²) in [5.41, 5.74) is -0.118.